The normalized spacial score (nSPS) is 11.3. The van der Waals surface area contributed by atoms with Crippen molar-refractivity contribution < 1.29 is 23.6 Å². The lowest BCUT2D eigenvalue weighted by atomic mass is 9.92. The van der Waals surface area contributed by atoms with Crippen molar-refractivity contribution in [3.8, 4) is 5.75 Å². The molecule has 0 unspecified atom stereocenters. The van der Waals surface area contributed by atoms with Crippen LogP contribution >= 0.6 is 0 Å². The summed E-state index contributed by atoms with van der Waals surface area (Å²) in [5.41, 5.74) is 0.863. The standard InChI is InChI=1S/C19H24N2O5/c1-12(2)25-14-8-6-13(7-9-14)18(23)24-11-16(22)20-17-10-15(21-26-17)19(3,4)5/h6-10,12H,11H2,1-5H3,(H,20,22). The number of amides is 1. The summed E-state index contributed by atoms with van der Waals surface area (Å²) >= 11 is 0. The fourth-order valence-corrected chi connectivity index (χ4v) is 2.02. The summed E-state index contributed by atoms with van der Waals surface area (Å²) in [5, 5.41) is 6.41. The van der Waals surface area contributed by atoms with Crippen LogP contribution in [0.1, 0.15) is 50.7 Å². The Morgan fingerprint density at radius 2 is 1.85 bits per heavy atom. The largest absolute Gasteiger partial charge is 0.491 e. The number of rotatable bonds is 6. The highest BCUT2D eigenvalue weighted by Crippen LogP contribution is 2.23. The zero-order chi connectivity index (χ0) is 19.3. The first-order valence-corrected chi connectivity index (χ1v) is 8.36. The molecule has 7 heteroatoms. The van der Waals surface area contributed by atoms with Crippen LogP contribution in [0.3, 0.4) is 0 Å². The number of carbonyl (C=O) groups excluding carboxylic acids is 2. The molecule has 2 rings (SSSR count). The molecule has 0 aliphatic carbocycles. The van der Waals surface area contributed by atoms with Gasteiger partial charge in [-0.3, -0.25) is 10.1 Å². The predicted octanol–water partition coefficient (Wildman–Crippen LogP) is 3.55. The number of hydrogen-bond donors (Lipinski definition) is 1. The fraction of sp³-hybridized carbons (Fsp3) is 0.421. The van der Waals surface area contributed by atoms with E-state index in [0.717, 1.165) is 0 Å². The Kier molecular flexibility index (Phi) is 6.02. The molecule has 1 aromatic carbocycles. The number of benzene rings is 1. The lowest BCUT2D eigenvalue weighted by molar-refractivity contribution is -0.119. The molecule has 7 nitrogen and oxygen atoms in total. The van der Waals surface area contributed by atoms with E-state index in [1.54, 1.807) is 30.3 Å². The Morgan fingerprint density at radius 1 is 1.19 bits per heavy atom. The monoisotopic (exact) mass is 360 g/mol. The van der Waals surface area contributed by atoms with Gasteiger partial charge in [0.05, 0.1) is 17.4 Å². The van der Waals surface area contributed by atoms with Crippen molar-refractivity contribution in [3.63, 3.8) is 0 Å². The lowest BCUT2D eigenvalue weighted by Crippen LogP contribution is -2.20. The molecular weight excluding hydrogens is 336 g/mol. The van der Waals surface area contributed by atoms with Crippen LogP contribution in [0.2, 0.25) is 0 Å². The minimum atomic E-state index is -0.593. The van der Waals surface area contributed by atoms with Crippen molar-refractivity contribution in [2.24, 2.45) is 0 Å². The molecule has 0 saturated heterocycles. The molecule has 0 saturated carbocycles. The van der Waals surface area contributed by atoms with E-state index in [4.69, 9.17) is 14.0 Å². The molecule has 140 valence electrons. The van der Waals surface area contributed by atoms with E-state index in [0.29, 0.717) is 17.0 Å². The van der Waals surface area contributed by atoms with Crippen LogP contribution in [-0.4, -0.2) is 29.7 Å². The maximum absolute atomic E-state index is 12.0. The van der Waals surface area contributed by atoms with Gasteiger partial charge in [-0.1, -0.05) is 25.9 Å². The van der Waals surface area contributed by atoms with Crippen molar-refractivity contribution in [1.82, 2.24) is 5.16 Å². The molecule has 1 heterocycles. The number of ether oxygens (including phenoxy) is 2. The molecule has 26 heavy (non-hydrogen) atoms. The van der Waals surface area contributed by atoms with Gasteiger partial charge in [-0.25, -0.2) is 4.79 Å². The quantitative estimate of drug-likeness (QED) is 0.792. The highest BCUT2D eigenvalue weighted by atomic mass is 16.5. The molecule has 2 aromatic rings. The summed E-state index contributed by atoms with van der Waals surface area (Å²) in [5.74, 6) is -0.223. The van der Waals surface area contributed by atoms with E-state index in [1.165, 1.54) is 0 Å². The Bertz CT molecular complexity index is 757. The van der Waals surface area contributed by atoms with Crippen LogP contribution in [0.25, 0.3) is 0 Å². The van der Waals surface area contributed by atoms with E-state index in [-0.39, 0.29) is 17.4 Å². The van der Waals surface area contributed by atoms with Gasteiger partial charge in [-0.05, 0) is 38.1 Å². The van der Waals surface area contributed by atoms with Crippen molar-refractivity contribution in [2.45, 2.75) is 46.1 Å². The Labute approximate surface area is 152 Å². The molecule has 0 radical (unpaired) electrons. The summed E-state index contributed by atoms with van der Waals surface area (Å²) in [7, 11) is 0. The Morgan fingerprint density at radius 3 is 2.38 bits per heavy atom. The van der Waals surface area contributed by atoms with E-state index in [9.17, 15) is 9.59 Å². The molecule has 1 N–H and O–H groups in total. The van der Waals surface area contributed by atoms with E-state index >= 15 is 0 Å². The summed E-state index contributed by atoms with van der Waals surface area (Å²) in [6, 6.07) is 8.18. The smallest absolute Gasteiger partial charge is 0.338 e. The van der Waals surface area contributed by atoms with Gasteiger partial charge in [-0.15, -0.1) is 0 Å². The molecule has 0 spiro atoms. The third-order valence-electron chi connectivity index (χ3n) is 3.34. The second-order valence-corrected chi connectivity index (χ2v) is 7.14. The number of nitrogens with one attached hydrogen (secondary N) is 1. The maximum atomic E-state index is 12.0. The SMILES string of the molecule is CC(C)Oc1ccc(C(=O)OCC(=O)Nc2cc(C(C)(C)C)no2)cc1. The third kappa shape index (κ3) is 5.61. The first kappa shape index (κ1) is 19.5. The van der Waals surface area contributed by atoms with Crippen LogP contribution in [-0.2, 0) is 14.9 Å². The predicted molar refractivity (Wildman–Crippen MR) is 96.3 cm³/mol. The number of carbonyl (C=O) groups is 2. The van der Waals surface area contributed by atoms with E-state index in [2.05, 4.69) is 10.5 Å². The zero-order valence-electron chi connectivity index (χ0n) is 15.7. The van der Waals surface area contributed by atoms with Crippen molar-refractivity contribution >= 4 is 17.8 Å². The topological polar surface area (TPSA) is 90.7 Å². The molecular formula is C19H24N2O5. The first-order valence-electron chi connectivity index (χ1n) is 8.36. The zero-order valence-corrected chi connectivity index (χ0v) is 15.7. The van der Waals surface area contributed by atoms with Gasteiger partial charge in [0.1, 0.15) is 5.75 Å². The van der Waals surface area contributed by atoms with Crippen LogP contribution in [0.4, 0.5) is 5.88 Å². The Hall–Kier alpha value is -2.83. The fourth-order valence-electron chi connectivity index (χ4n) is 2.02. The average molecular weight is 360 g/mol. The Balaban J connectivity index is 1.85. The number of anilines is 1. The maximum Gasteiger partial charge on any atom is 0.338 e. The van der Waals surface area contributed by atoms with Crippen LogP contribution in [0.5, 0.6) is 5.75 Å². The van der Waals surface area contributed by atoms with E-state index in [1.807, 2.05) is 34.6 Å². The number of nitrogens with zero attached hydrogens (tertiary/aromatic N) is 1. The van der Waals surface area contributed by atoms with Gasteiger partial charge < -0.3 is 14.0 Å². The van der Waals surface area contributed by atoms with Gasteiger partial charge in [0.2, 0.25) is 5.88 Å². The van der Waals surface area contributed by atoms with Crippen molar-refractivity contribution in [3.05, 3.63) is 41.6 Å². The highest BCUT2D eigenvalue weighted by Gasteiger charge is 2.20. The minimum absolute atomic E-state index is 0.0476. The van der Waals surface area contributed by atoms with Crippen molar-refractivity contribution in [1.29, 1.82) is 0 Å². The number of esters is 1. The highest BCUT2D eigenvalue weighted by molar-refractivity contribution is 5.94. The van der Waals surface area contributed by atoms with Crippen molar-refractivity contribution in [2.75, 3.05) is 11.9 Å². The molecule has 0 aliphatic rings. The summed E-state index contributed by atoms with van der Waals surface area (Å²) < 4.78 is 15.6. The average Bonchev–Trinajstić information content (AvgIpc) is 3.01. The van der Waals surface area contributed by atoms with Gasteiger partial charge in [0, 0.05) is 11.5 Å². The second kappa shape index (κ2) is 8.03. The van der Waals surface area contributed by atoms with Gasteiger partial charge in [0.15, 0.2) is 6.61 Å². The first-order chi connectivity index (χ1) is 12.1. The minimum Gasteiger partial charge on any atom is -0.491 e. The second-order valence-electron chi connectivity index (χ2n) is 7.14. The van der Waals surface area contributed by atoms with Crippen LogP contribution in [0.15, 0.2) is 34.9 Å². The number of hydrogen-bond acceptors (Lipinski definition) is 6. The van der Waals surface area contributed by atoms with Gasteiger partial charge in [0.25, 0.3) is 5.91 Å². The van der Waals surface area contributed by atoms with Crippen LogP contribution < -0.4 is 10.1 Å². The van der Waals surface area contributed by atoms with E-state index < -0.39 is 18.5 Å². The molecule has 1 aromatic heterocycles. The molecule has 0 bridgehead atoms. The molecule has 0 fully saturated rings. The lowest BCUT2D eigenvalue weighted by Gasteiger charge is -2.12. The molecule has 0 aliphatic heterocycles. The van der Waals surface area contributed by atoms with Crippen LogP contribution in [0, 0.1) is 0 Å². The molecule has 0 atom stereocenters. The summed E-state index contributed by atoms with van der Waals surface area (Å²) in [6.07, 6.45) is 0.0476. The number of aromatic nitrogens is 1. The summed E-state index contributed by atoms with van der Waals surface area (Å²) in [4.78, 5) is 23.9. The van der Waals surface area contributed by atoms with Gasteiger partial charge in [-0.2, -0.15) is 0 Å². The summed E-state index contributed by atoms with van der Waals surface area (Å²) in [6.45, 7) is 9.36. The third-order valence-corrected chi connectivity index (χ3v) is 3.34. The van der Waals surface area contributed by atoms with Gasteiger partial charge >= 0.3 is 5.97 Å². The molecule has 1 amide bonds.